The van der Waals surface area contributed by atoms with Crippen LogP contribution >= 0.6 is 0 Å². The number of carbonyl (C=O) groups excluding carboxylic acids is 2. The van der Waals surface area contributed by atoms with Crippen molar-refractivity contribution in [2.75, 3.05) is 6.61 Å². The summed E-state index contributed by atoms with van der Waals surface area (Å²) in [6, 6.07) is 13.0. The molecule has 23 heavy (non-hydrogen) atoms. The lowest BCUT2D eigenvalue weighted by Gasteiger charge is -2.21. The molecule has 1 N–H and O–H groups in total. The predicted octanol–water partition coefficient (Wildman–Crippen LogP) is 2.59. The van der Waals surface area contributed by atoms with Crippen molar-refractivity contribution in [3.8, 4) is 5.75 Å². The molecular weight excluding hydrogens is 296 g/mol. The van der Waals surface area contributed by atoms with Gasteiger partial charge in [0, 0.05) is 12.2 Å². The number of rotatable bonds is 6. The van der Waals surface area contributed by atoms with Crippen LogP contribution in [0.5, 0.6) is 5.75 Å². The molecule has 0 spiro atoms. The van der Waals surface area contributed by atoms with Crippen molar-refractivity contribution in [3.05, 3.63) is 65.2 Å². The Labute approximate surface area is 134 Å². The third kappa shape index (κ3) is 4.03. The molecule has 2 rings (SSSR count). The first-order chi connectivity index (χ1) is 11.0. The van der Waals surface area contributed by atoms with Crippen LogP contribution in [0, 0.1) is 6.92 Å². The standard InChI is InChI=1S/C18H18O5/c1-3-22-18(21,12-19)15-8-10-16(11-9-15)23-17(20)14-6-4-13(2)5-7-14/h4-12,21H,3H2,1-2H3. The fraction of sp³-hybridized carbons (Fsp3) is 0.222. The smallest absolute Gasteiger partial charge is 0.343 e. The lowest BCUT2D eigenvalue weighted by atomic mass is 10.1. The van der Waals surface area contributed by atoms with Gasteiger partial charge in [-0.15, -0.1) is 0 Å². The van der Waals surface area contributed by atoms with Crippen LogP contribution in [-0.2, 0) is 15.3 Å². The average Bonchev–Trinajstić information content (AvgIpc) is 2.56. The number of hydrogen-bond donors (Lipinski definition) is 1. The normalized spacial score (nSPS) is 13.2. The molecule has 0 saturated heterocycles. The maximum Gasteiger partial charge on any atom is 0.343 e. The van der Waals surface area contributed by atoms with E-state index < -0.39 is 11.8 Å². The quantitative estimate of drug-likeness (QED) is 0.384. The molecule has 5 heteroatoms. The van der Waals surface area contributed by atoms with Crippen molar-refractivity contribution >= 4 is 12.3 Å². The van der Waals surface area contributed by atoms with E-state index in [0.717, 1.165) is 5.56 Å². The Morgan fingerprint density at radius 1 is 1.13 bits per heavy atom. The molecule has 2 aromatic carbocycles. The van der Waals surface area contributed by atoms with E-state index in [1.54, 1.807) is 19.1 Å². The molecule has 5 nitrogen and oxygen atoms in total. The SMILES string of the molecule is CCOC(O)(C=O)c1ccc(OC(=O)c2ccc(C)cc2)cc1. The highest BCUT2D eigenvalue weighted by atomic mass is 16.6. The molecule has 1 atom stereocenters. The highest BCUT2D eigenvalue weighted by Crippen LogP contribution is 2.23. The second-order valence-corrected chi connectivity index (χ2v) is 5.03. The second-order valence-electron chi connectivity index (χ2n) is 5.03. The molecule has 0 aromatic heterocycles. The molecule has 0 heterocycles. The van der Waals surface area contributed by atoms with Crippen LogP contribution in [-0.4, -0.2) is 24.0 Å². The molecule has 0 aliphatic carbocycles. The zero-order chi connectivity index (χ0) is 16.9. The fourth-order valence-corrected chi connectivity index (χ4v) is 2.02. The van der Waals surface area contributed by atoms with E-state index in [1.165, 1.54) is 24.3 Å². The van der Waals surface area contributed by atoms with Gasteiger partial charge < -0.3 is 14.6 Å². The van der Waals surface area contributed by atoms with Crippen molar-refractivity contribution in [3.63, 3.8) is 0 Å². The topological polar surface area (TPSA) is 72.8 Å². The largest absolute Gasteiger partial charge is 0.423 e. The van der Waals surface area contributed by atoms with Gasteiger partial charge in [-0.3, -0.25) is 4.79 Å². The third-order valence-electron chi connectivity index (χ3n) is 3.29. The molecule has 0 aliphatic heterocycles. The summed E-state index contributed by atoms with van der Waals surface area (Å²) in [6.45, 7) is 3.78. The summed E-state index contributed by atoms with van der Waals surface area (Å²) in [5.74, 6) is -2.16. The Morgan fingerprint density at radius 2 is 1.74 bits per heavy atom. The summed E-state index contributed by atoms with van der Waals surface area (Å²) < 4.78 is 10.3. The number of ether oxygens (including phenoxy) is 2. The number of aliphatic hydroxyl groups is 1. The summed E-state index contributed by atoms with van der Waals surface area (Å²) in [5.41, 5.74) is 1.76. The van der Waals surface area contributed by atoms with Crippen molar-refractivity contribution in [1.82, 2.24) is 0 Å². The molecule has 0 amide bonds. The minimum Gasteiger partial charge on any atom is -0.423 e. The van der Waals surface area contributed by atoms with E-state index in [2.05, 4.69) is 0 Å². The van der Waals surface area contributed by atoms with Crippen molar-refractivity contribution < 1.29 is 24.2 Å². The Hall–Kier alpha value is -2.50. The van der Waals surface area contributed by atoms with E-state index in [0.29, 0.717) is 17.6 Å². The van der Waals surface area contributed by atoms with Gasteiger partial charge in [0.2, 0.25) is 0 Å². The Balaban J connectivity index is 2.12. The van der Waals surface area contributed by atoms with Crippen molar-refractivity contribution in [1.29, 1.82) is 0 Å². The van der Waals surface area contributed by atoms with Gasteiger partial charge in [-0.1, -0.05) is 17.7 Å². The first kappa shape index (κ1) is 16.9. The molecule has 1 unspecified atom stereocenters. The van der Waals surface area contributed by atoms with Gasteiger partial charge in [-0.2, -0.15) is 0 Å². The zero-order valence-corrected chi connectivity index (χ0v) is 13.0. The maximum absolute atomic E-state index is 12.0. The molecular formula is C18H18O5. The van der Waals surface area contributed by atoms with Crippen molar-refractivity contribution in [2.45, 2.75) is 19.6 Å². The van der Waals surface area contributed by atoms with E-state index in [9.17, 15) is 14.7 Å². The number of benzene rings is 2. The van der Waals surface area contributed by atoms with Gasteiger partial charge in [0.1, 0.15) is 5.75 Å². The predicted molar refractivity (Wildman–Crippen MR) is 84.2 cm³/mol. The average molecular weight is 314 g/mol. The zero-order valence-electron chi connectivity index (χ0n) is 13.0. The Morgan fingerprint density at radius 3 is 2.26 bits per heavy atom. The molecule has 0 fully saturated rings. The first-order valence-electron chi connectivity index (χ1n) is 7.20. The van der Waals surface area contributed by atoms with E-state index in [1.807, 2.05) is 19.1 Å². The molecule has 0 bridgehead atoms. The number of carbonyl (C=O) groups is 2. The summed E-state index contributed by atoms with van der Waals surface area (Å²) in [6.07, 6.45) is 0.323. The molecule has 120 valence electrons. The summed E-state index contributed by atoms with van der Waals surface area (Å²) in [5, 5.41) is 10.1. The summed E-state index contributed by atoms with van der Waals surface area (Å²) in [7, 11) is 0. The van der Waals surface area contributed by atoms with E-state index in [4.69, 9.17) is 9.47 Å². The second kappa shape index (κ2) is 7.17. The van der Waals surface area contributed by atoms with Crippen LogP contribution in [0.25, 0.3) is 0 Å². The molecule has 0 aliphatic rings. The van der Waals surface area contributed by atoms with Gasteiger partial charge in [0.05, 0.1) is 5.56 Å². The molecule has 2 aromatic rings. The summed E-state index contributed by atoms with van der Waals surface area (Å²) in [4.78, 5) is 23.0. The molecule has 0 saturated carbocycles. The van der Waals surface area contributed by atoms with Crippen LogP contribution in [0.4, 0.5) is 0 Å². The monoisotopic (exact) mass is 314 g/mol. The highest BCUT2D eigenvalue weighted by Gasteiger charge is 2.29. The maximum atomic E-state index is 12.0. The van der Waals surface area contributed by atoms with Crippen LogP contribution in [0.2, 0.25) is 0 Å². The van der Waals surface area contributed by atoms with Crippen LogP contribution < -0.4 is 4.74 Å². The van der Waals surface area contributed by atoms with Gasteiger partial charge >= 0.3 is 5.97 Å². The van der Waals surface area contributed by atoms with E-state index in [-0.39, 0.29) is 12.2 Å². The van der Waals surface area contributed by atoms with Crippen molar-refractivity contribution in [2.24, 2.45) is 0 Å². The van der Waals surface area contributed by atoms with E-state index >= 15 is 0 Å². The minimum absolute atomic E-state index is 0.180. The van der Waals surface area contributed by atoms with Crippen LogP contribution in [0.3, 0.4) is 0 Å². The third-order valence-corrected chi connectivity index (χ3v) is 3.29. The van der Waals surface area contributed by atoms with Gasteiger partial charge in [-0.05, 0) is 50.2 Å². The number of esters is 1. The fourth-order valence-electron chi connectivity index (χ4n) is 2.02. The number of hydrogen-bond acceptors (Lipinski definition) is 5. The lowest BCUT2D eigenvalue weighted by molar-refractivity contribution is -0.197. The van der Waals surface area contributed by atoms with Gasteiger partial charge in [0.25, 0.3) is 5.79 Å². The number of aryl methyl sites for hydroxylation is 1. The Bertz CT molecular complexity index is 676. The lowest BCUT2D eigenvalue weighted by Crippen LogP contribution is -2.31. The minimum atomic E-state index is -1.99. The summed E-state index contributed by atoms with van der Waals surface area (Å²) >= 11 is 0. The first-order valence-corrected chi connectivity index (χ1v) is 7.20. The van der Waals surface area contributed by atoms with Gasteiger partial charge in [0.15, 0.2) is 6.29 Å². The van der Waals surface area contributed by atoms with Crippen LogP contribution in [0.1, 0.15) is 28.4 Å². The van der Waals surface area contributed by atoms with Gasteiger partial charge in [-0.25, -0.2) is 4.79 Å². The number of aldehydes is 1. The van der Waals surface area contributed by atoms with Crippen LogP contribution in [0.15, 0.2) is 48.5 Å². The highest BCUT2D eigenvalue weighted by molar-refractivity contribution is 5.91. The Kier molecular flexibility index (Phi) is 5.26. The molecule has 0 radical (unpaired) electrons.